The van der Waals surface area contributed by atoms with Crippen molar-refractivity contribution in [1.82, 2.24) is 10.2 Å². The lowest BCUT2D eigenvalue weighted by Gasteiger charge is -2.33. The number of rotatable bonds is 12. The molecule has 11 heteroatoms. The van der Waals surface area contributed by atoms with Gasteiger partial charge in [0.05, 0.1) is 11.9 Å². The zero-order chi connectivity index (χ0) is 29.4. The molecule has 1 atom stereocenters. The largest absolute Gasteiger partial charge is 0.354 e. The number of hydrogen-bond donors (Lipinski definition) is 1. The minimum absolute atomic E-state index is 0.0899. The molecule has 0 saturated carbocycles. The van der Waals surface area contributed by atoms with E-state index in [1.54, 1.807) is 0 Å². The minimum atomic E-state index is -3.92. The molecule has 0 aliphatic carbocycles. The number of amides is 2. The predicted octanol–water partition coefficient (Wildman–Crippen LogP) is 5.93. The van der Waals surface area contributed by atoms with Crippen LogP contribution in [0.2, 0.25) is 10.0 Å². The van der Waals surface area contributed by atoms with E-state index in [1.807, 2.05) is 68.4 Å². The molecule has 2 amide bonds. The third-order valence-electron chi connectivity index (χ3n) is 6.04. The molecule has 0 saturated heterocycles. The summed E-state index contributed by atoms with van der Waals surface area (Å²) in [6.45, 7) is 3.94. The predicted molar refractivity (Wildman–Crippen MR) is 165 cm³/mol. The summed E-state index contributed by atoms with van der Waals surface area (Å²) in [5, 5.41) is 3.41. The summed E-state index contributed by atoms with van der Waals surface area (Å²) in [4.78, 5) is 29.1. The van der Waals surface area contributed by atoms with Gasteiger partial charge in [0, 0.05) is 34.0 Å². The zero-order valence-electron chi connectivity index (χ0n) is 22.5. The topological polar surface area (TPSA) is 86.8 Å². The summed E-state index contributed by atoms with van der Waals surface area (Å²) in [6.07, 6.45) is 1.25. The van der Waals surface area contributed by atoms with Crippen LogP contribution in [0, 0.1) is 5.92 Å². The van der Waals surface area contributed by atoms with E-state index in [4.69, 9.17) is 23.2 Å². The summed E-state index contributed by atoms with van der Waals surface area (Å²) in [6, 6.07) is 20.2. The number of carbonyl (C=O) groups excluding carboxylic acids is 2. The number of nitrogens with zero attached hydrogens (tertiary/aromatic N) is 2. The number of anilines is 1. The Morgan fingerprint density at radius 1 is 0.925 bits per heavy atom. The highest BCUT2D eigenvalue weighted by atomic mass is 79.9. The molecule has 0 fully saturated rings. The lowest BCUT2D eigenvalue weighted by Crippen LogP contribution is -2.53. The molecule has 1 N–H and O–H groups in total. The fraction of sp³-hybridized carbons (Fsp3) is 0.310. The van der Waals surface area contributed by atoms with Crippen molar-refractivity contribution in [3.63, 3.8) is 0 Å². The maximum Gasteiger partial charge on any atom is 0.244 e. The van der Waals surface area contributed by atoms with Gasteiger partial charge in [-0.25, -0.2) is 8.42 Å². The molecule has 3 rings (SSSR count). The van der Waals surface area contributed by atoms with Crippen LogP contribution in [-0.2, 0) is 32.6 Å². The monoisotopic (exact) mass is 667 g/mol. The number of sulfonamides is 1. The van der Waals surface area contributed by atoms with Gasteiger partial charge in [0.25, 0.3) is 0 Å². The summed E-state index contributed by atoms with van der Waals surface area (Å²) in [5.41, 5.74) is 1.80. The molecule has 0 spiro atoms. The van der Waals surface area contributed by atoms with Crippen molar-refractivity contribution >= 4 is 66.7 Å². The van der Waals surface area contributed by atoms with Crippen LogP contribution in [0.5, 0.6) is 0 Å². The molecule has 0 aliphatic rings. The normalized spacial score (nSPS) is 12.2. The van der Waals surface area contributed by atoms with Crippen LogP contribution < -0.4 is 9.62 Å². The van der Waals surface area contributed by atoms with Gasteiger partial charge in [-0.3, -0.25) is 13.9 Å². The van der Waals surface area contributed by atoms with Crippen LogP contribution in [0.1, 0.15) is 25.0 Å². The molecule has 0 unspecified atom stereocenters. The first-order valence-electron chi connectivity index (χ1n) is 12.6. The highest BCUT2D eigenvalue weighted by molar-refractivity contribution is 9.10. The Morgan fingerprint density at radius 2 is 1.52 bits per heavy atom. The van der Waals surface area contributed by atoms with E-state index in [1.165, 1.54) is 23.1 Å². The first-order chi connectivity index (χ1) is 18.8. The molecule has 3 aromatic rings. The van der Waals surface area contributed by atoms with Gasteiger partial charge >= 0.3 is 0 Å². The first kappa shape index (κ1) is 31.9. The van der Waals surface area contributed by atoms with E-state index in [9.17, 15) is 18.0 Å². The second kappa shape index (κ2) is 14.3. The van der Waals surface area contributed by atoms with E-state index >= 15 is 0 Å². The number of halogens is 3. The fourth-order valence-corrected chi connectivity index (χ4v) is 5.67. The lowest BCUT2D eigenvalue weighted by atomic mass is 10.0. The van der Waals surface area contributed by atoms with Crippen LogP contribution in [-0.4, -0.2) is 50.5 Å². The lowest BCUT2D eigenvalue weighted by molar-refractivity contribution is -0.140. The molecule has 0 bridgehead atoms. The smallest absolute Gasteiger partial charge is 0.244 e. The molecule has 0 aromatic heterocycles. The SMILES string of the molecule is CC(C)CNC(=O)[C@@H](Cc1ccccc1)N(Cc1ccc(Br)cc1)C(=O)CN(c1cc(Cl)cc(Cl)c1)S(C)(=O)=O. The molecular weight excluding hydrogens is 637 g/mol. The van der Waals surface area contributed by atoms with Crippen molar-refractivity contribution in [2.75, 3.05) is 23.7 Å². The van der Waals surface area contributed by atoms with E-state index in [-0.39, 0.29) is 40.5 Å². The molecule has 7 nitrogen and oxygen atoms in total. The van der Waals surface area contributed by atoms with E-state index in [2.05, 4.69) is 21.2 Å². The third-order valence-corrected chi connectivity index (χ3v) is 8.14. The molecule has 0 radical (unpaired) electrons. The van der Waals surface area contributed by atoms with Crippen molar-refractivity contribution in [3.8, 4) is 0 Å². The molecule has 40 heavy (non-hydrogen) atoms. The van der Waals surface area contributed by atoms with Gasteiger partial charge in [-0.2, -0.15) is 0 Å². The number of hydrogen-bond acceptors (Lipinski definition) is 4. The maximum atomic E-state index is 14.1. The minimum Gasteiger partial charge on any atom is -0.354 e. The summed E-state index contributed by atoms with van der Waals surface area (Å²) < 4.78 is 27.5. The van der Waals surface area contributed by atoms with Crippen LogP contribution >= 0.6 is 39.1 Å². The second-order valence-electron chi connectivity index (χ2n) is 9.89. The van der Waals surface area contributed by atoms with Crippen LogP contribution in [0.3, 0.4) is 0 Å². The van der Waals surface area contributed by atoms with Gasteiger partial charge in [-0.1, -0.05) is 95.4 Å². The Morgan fingerprint density at radius 3 is 2.08 bits per heavy atom. The second-order valence-corrected chi connectivity index (χ2v) is 13.6. The molecule has 0 aliphatic heterocycles. The van der Waals surface area contributed by atoms with E-state index in [0.717, 1.165) is 26.2 Å². The van der Waals surface area contributed by atoms with Gasteiger partial charge in [0.15, 0.2) is 0 Å². The Bertz CT molecular complexity index is 1400. The first-order valence-corrected chi connectivity index (χ1v) is 16.0. The average Bonchev–Trinajstić information content (AvgIpc) is 2.88. The van der Waals surface area contributed by atoms with Crippen LogP contribution in [0.4, 0.5) is 5.69 Å². The standard InChI is InChI=1S/C29H32BrCl2N3O4S/c1-20(2)17-33-29(37)27(13-21-7-5-4-6-8-21)34(18-22-9-11-23(30)12-10-22)28(36)19-35(40(3,38)39)26-15-24(31)14-25(32)16-26/h4-12,14-16,20,27H,13,17-19H2,1-3H3,(H,33,37)/t27-/m1/s1. The zero-order valence-corrected chi connectivity index (χ0v) is 26.4. The highest BCUT2D eigenvalue weighted by Crippen LogP contribution is 2.27. The summed E-state index contributed by atoms with van der Waals surface area (Å²) in [7, 11) is -3.92. The van der Waals surface area contributed by atoms with Crippen molar-refractivity contribution in [1.29, 1.82) is 0 Å². The fourth-order valence-electron chi connectivity index (χ4n) is 4.06. The van der Waals surface area contributed by atoms with E-state index < -0.39 is 28.5 Å². The summed E-state index contributed by atoms with van der Waals surface area (Å²) in [5.74, 6) is -0.671. The number of benzene rings is 3. The van der Waals surface area contributed by atoms with Crippen LogP contribution in [0.25, 0.3) is 0 Å². The molecule has 214 valence electrons. The maximum absolute atomic E-state index is 14.1. The average molecular weight is 669 g/mol. The Kier molecular flexibility index (Phi) is 11.5. The van der Waals surface area contributed by atoms with E-state index in [0.29, 0.717) is 6.54 Å². The van der Waals surface area contributed by atoms with Crippen molar-refractivity contribution in [3.05, 3.63) is 98.4 Å². The van der Waals surface area contributed by atoms with Gasteiger partial charge < -0.3 is 10.2 Å². The van der Waals surface area contributed by atoms with Crippen molar-refractivity contribution in [2.24, 2.45) is 5.92 Å². The van der Waals surface area contributed by atoms with Gasteiger partial charge in [-0.15, -0.1) is 0 Å². The quantitative estimate of drug-likeness (QED) is 0.259. The van der Waals surface area contributed by atoms with Crippen molar-refractivity contribution < 1.29 is 18.0 Å². The Balaban J connectivity index is 2.06. The Hall–Kier alpha value is -2.59. The van der Waals surface area contributed by atoms with Crippen LogP contribution in [0.15, 0.2) is 77.3 Å². The molecular formula is C29H32BrCl2N3O4S. The van der Waals surface area contributed by atoms with Gasteiger partial charge in [0.1, 0.15) is 12.6 Å². The Labute approximate surface area is 254 Å². The van der Waals surface area contributed by atoms with Gasteiger partial charge in [-0.05, 0) is 47.4 Å². The summed E-state index contributed by atoms with van der Waals surface area (Å²) >= 11 is 15.7. The highest BCUT2D eigenvalue weighted by Gasteiger charge is 2.33. The number of nitrogens with one attached hydrogen (secondary N) is 1. The third kappa shape index (κ3) is 9.51. The molecule has 3 aromatic carbocycles. The van der Waals surface area contributed by atoms with Gasteiger partial charge in [0.2, 0.25) is 21.8 Å². The molecule has 0 heterocycles. The number of carbonyl (C=O) groups is 2. The van der Waals surface area contributed by atoms with Crippen molar-refractivity contribution in [2.45, 2.75) is 32.9 Å².